The molecule has 0 amide bonds. The Hall–Kier alpha value is -1.39. The van der Waals surface area contributed by atoms with Crippen molar-refractivity contribution in [3.05, 3.63) is 45.4 Å². The third-order valence-corrected chi connectivity index (χ3v) is 4.56. The number of aryl methyl sites for hydroxylation is 2. The molecule has 1 heterocycles. The Morgan fingerprint density at radius 1 is 1.30 bits per heavy atom. The van der Waals surface area contributed by atoms with E-state index in [0.29, 0.717) is 6.61 Å². The molecule has 0 bridgehead atoms. The molecule has 0 saturated carbocycles. The molecule has 4 heteroatoms. The summed E-state index contributed by atoms with van der Waals surface area (Å²) in [6.07, 6.45) is 0.815. The molecular formula is C16H22N2OS. The van der Waals surface area contributed by atoms with Gasteiger partial charge in [0.25, 0.3) is 0 Å². The number of nitrogens with two attached hydrogens (primary N) is 1. The first-order valence-electron chi connectivity index (χ1n) is 6.81. The molecule has 0 fully saturated rings. The SMILES string of the molecule is Cc1cccc(OCCc2nc(C)c(C(C)(C)N)s2)c1. The van der Waals surface area contributed by atoms with Gasteiger partial charge in [0.15, 0.2) is 0 Å². The van der Waals surface area contributed by atoms with Crippen molar-refractivity contribution in [3.8, 4) is 5.75 Å². The quantitative estimate of drug-likeness (QED) is 0.915. The largest absolute Gasteiger partial charge is 0.493 e. The summed E-state index contributed by atoms with van der Waals surface area (Å²) >= 11 is 1.69. The van der Waals surface area contributed by atoms with Crippen molar-refractivity contribution in [2.45, 2.75) is 39.7 Å². The zero-order valence-corrected chi connectivity index (χ0v) is 13.4. The summed E-state index contributed by atoms with van der Waals surface area (Å²) < 4.78 is 5.76. The Morgan fingerprint density at radius 2 is 2.05 bits per heavy atom. The van der Waals surface area contributed by atoms with Crippen LogP contribution in [0.3, 0.4) is 0 Å². The van der Waals surface area contributed by atoms with Crippen LogP contribution in [-0.2, 0) is 12.0 Å². The van der Waals surface area contributed by atoms with Crippen molar-refractivity contribution in [2.24, 2.45) is 5.73 Å². The lowest BCUT2D eigenvalue weighted by Crippen LogP contribution is -2.28. The highest BCUT2D eigenvalue weighted by Crippen LogP contribution is 2.28. The normalized spacial score (nSPS) is 11.7. The van der Waals surface area contributed by atoms with Crippen molar-refractivity contribution in [2.75, 3.05) is 6.61 Å². The fourth-order valence-corrected chi connectivity index (χ4v) is 3.18. The fraction of sp³-hybridized carbons (Fsp3) is 0.438. The monoisotopic (exact) mass is 290 g/mol. The van der Waals surface area contributed by atoms with Gasteiger partial charge >= 0.3 is 0 Å². The van der Waals surface area contributed by atoms with Gasteiger partial charge in [-0.3, -0.25) is 0 Å². The Labute approximate surface area is 124 Å². The van der Waals surface area contributed by atoms with E-state index in [-0.39, 0.29) is 5.54 Å². The summed E-state index contributed by atoms with van der Waals surface area (Å²) in [7, 11) is 0. The predicted molar refractivity (Wildman–Crippen MR) is 84.4 cm³/mol. The number of ether oxygens (including phenoxy) is 1. The number of benzene rings is 1. The number of hydrogen-bond donors (Lipinski definition) is 1. The summed E-state index contributed by atoms with van der Waals surface area (Å²) in [5.74, 6) is 0.914. The van der Waals surface area contributed by atoms with Crippen LogP contribution in [0.4, 0.5) is 0 Å². The molecule has 0 saturated heterocycles. The maximum Gasteiger partial charge on any atom is 0.119 e. The van der Waals surface area contributed by atoms with E-state index in [2.05, 4.69) is 18.0 Å². The van der Waals surface area contributed by atoms with Crippen LogP contribution < -0.4 is 10.5 Å². The third-order valence-electron chi connectivity index (χ3n) is 3.00. The van der Waals surface area contributed by atoms with Crippen LogP contribution >= 0.6 is 11.3 Å². The van der Waals surface area contributed by atoms with Gasteiger partial charge in [-0.25, -0.2) is 4.98 Å². The van der Waals surface area contributed by atoms with Crippen LogP contribution in [0.2, 0.25) is 0 Å². The van der Waals surface area contributed by atoms with Gasteiger partial charge in [0.05, 0.1) is 17.3 Å². The molecule has 1 aromatic carbocycles. The number of hydrogen-bond acceptors (Lipinski definition) is 4. The van der Waals surface area contributed by atoms with Crippen LogP contribution in [0.15, 0.2) is 24.3 Å². The number of aromatic nitrogens is 1. The Balaban J connectivity index is 1.95. The summed E-state index contributed by atoms with van der Waals surface area (Å²) in [5.41, 5.74) is 8.07. The van der Waals surface area contributed by atoms with Crippen molar-refractivity contribution in [1.29, 1.82) is 0 Å². The van der Waals surface area contributed by atoms with Gasteiger partial charge in [0, 0.05) is 16.8 Å². The average molecular weight is 290 g/mol. The minimum absolute atomic E-state index is 0.322. The summed E-state index contributed by atoms with van der Waals surface area (Å²) in [6, 6.07) is 8.09. The molecule has 0 aliphatic rings. The van der Waals surface area contributed by atoms with Crippen molar-refractivity contribution in [1.82, 2.24) is 4.98 Å². The Kier molecular flexibility index (Phi) is 4.45. The van der Waals surface area contributed by atoms with E-state index in [9.17, 15) is 0 Å². The van der Waals surface area contributed by atoms with Gasteiger partial charge < -0.3 is 10.5 Å². The first-order chi connectivity index (χ1) is 9.36. The second kappa shape index (κ2) is 5.94. The molecule has 0 aliphatic heterocycles. The maximum absolute atomic E-state index is 6.15. The van der Waals surface area contributed by atoms with Crippen molar-refractivity contribution >= 4 is 11.3 Å². The molecule has 1 aromatic heterocycles. The first-order valence-corrected chi connectivity index (χ1v) is 7.63. The van der Waals surface area contributed by atoms with Crippen LogP contribution in [-0.4, -0.2) is 11.6 Å². The van der Waals surface area contributed by atoms with Gasteiger partial charge in [-0.15, -0.1) is 11.3 Å². The lowest BCUT2D eigenvalue weighted by molar-refractivity contribution is 0.321. The molecule has 2 aromatic rings. The lowest BCUT2D eigenvalue weighted by atomic mass is 10.0. The average Bonchev–Trinajstić information content (AvgIpc) is 2.70. The maximum atomic E-state index is 6.15. The number of thiazole rings is 1. The highest BCUT2D eigenvalue weighted by Gasteiger charge is 2.21. The smallest absolute Gasteiger partial charge is 0.119 e. The molecule has 3 nitrogen and oxygen atoms in total. The Morgan fingerprint density at radius 3 is 2.65 bits per heavy atom. The van der Waals surface area contributed by atoms with E-state index in [4.69, 9.17) is 10.5 Å². The molecule has 0 unspecified atom stereocenters. The predicted octanol–water partition coefficient (Wildman–Crippen LogP) is 3.58. The van der Waals surface area contributed by atoms with Crippen molar-refractivity contribution < 1.29 is 4.74 Å². The second-order valence-electron chi connectivity index (χ2n) is 5.66. The zero-order valence-electron chi connectivity index (χ0n) is 12.6. The minimum Gasteiger partial charge on any atom is -0.493 e. The van der Waals surface area contributed by atoms with Crippen LogP contribution in [0.25, 0.3) is 0 Å². The van der Waals surface area contributed by atoms with E-state index < -0.39 is 0 Å². The summed E-state index contributed by atoms with van der Waals surface area (Å²) in [6.45, 7) is 8.75. The van der Waals surface area contributed by atoms with Gasteiger partial charge in [-0.2, -0.15) is 0 Å². The highest BCUT2D eigenvalue weighted by atomic mass is 32.1. The van der Waals surface area contributed by atoms with E-state index >= 15 is 0 Å². The van der Waals surface area contributed by atoms with E-state index in [1.807, 2.05) is 39.0 Å². The van der Waals surface area contributed by atoms with Crippen LogP contribution in [0.5, 0.6) is 5.75 Å². The van der Waals surface area contributed by atoms with E-state index in [1.165, 1.54) is 5.56 Å². The topological polar surface area (TPSA) is 48.1 Å². The van der Waals surface area contributed by atoms with Gasteiger partial charge in [0.1, 0.15) is 5.75 Å². The third kappa shape index (κ3) is 3.81. The standard InChI is InChI=1S/C16H22N2OS/c1-11-6-5-7-13(10-11)19-9-8-14-18-12(2)15(20-14)16(3,4)17/h5-7,10H,8-9,17H2,1-4H3. The van der Waals surface area contributed by atoms with Crippen LogP contribution in [0, 0.1) is 13.8 Å². The summed E-state index contributed by atoms with van der Waals surface area (Å²) in [5, 5.41) is 1.09. The molecule has 2 N–H and O–H groups in total. The van der Waals surface area contributed by atoms with Crippen molar-refractivity contribution in [3.63, 3.8) is 0 Å². The number of nitrogens with zero attached hydrogens (tertiary/aromatic N) is 1. The zero-order chi connectivity index (χ0) is 14.8. The molecule has 108 valence electrons. The highest BCUT2D eigenvalue weighted by molar-refractivity contribution is 7.11. The Bertz CT molecular complexity index is 584. The molecule has 0 aliphatic carbocycles. The van der Waals surface area contributed by atoms with Gasteiger partial charge in [-0.05, 0) is 45.4 Å². The van der Waals surface area contributed by atoms with Gasteiger partial charge in [-0.1, -0.05) is 12.1 Å². The first kappa shape index (κ1) is 15.0. The minimum atomic E-state index is -0.322. The summed E-state index contributed by atoms with van der Waals surface area (Å²) in [4.78, 5) is 5.74. The molecule has 0 radical (unpaired) electrons. The molecule has 0 spiro atoms. The number of rotatable bonds is 5. The fourth-order valence-electron chi connectivity index (χ4n) is 2.12. The van der Waals surface area contributed by atoms with E-state index in [0.717, 1.165) is 27.7 Å². The van der Waals surface area contributed by atoms with E-state index in [1.54, 1.807) is 11.3 Å². The van der Waals surface area contributed by atoms with Crippen LogP contribution in [0.1, 0.15) is 35.0 Å². The molecular weight excluding hydrogens is 268 g/mol. The molecule has 20 heavy (non-hydrogen) atoms. The lowest BCUT2D eigenvalue weighted by Gasteiger charge is -2.16. The second-order valence-corrected chi connectivity index (χ2v) is 6.74. The molecule has 0 atom stereocenters. The van der Waals surface area contributed by atoms with Gasteiger partial charge in [0.2, 0.25) is 0 Å². The molecule has 2 rings (SSSR count).